The van der Waals surface area contributed by atoms with Crippen molar-refractivity contribution in [3.63, 3.8) is 0 Å². The number of halogens is 1. The highest BCUT2D eigenvalue weighted by Crippen LogP contribution is 2.51. The Bertz CT molecular complexity index is 414. The summed E-state index contributed by atoms with van der Waals surface area (Å²) >= 11 is 3.35. The minimum atomic E-state index is -3.23. The largest absolute Gasteiger partial charge is 0.388 e. The number of hydrogen-bond donors (Lipinski definition) is 1. The van der Waals surface area contributed by atoms with E-state index in [-0.39, 0.29) is 6.16 Å². The summed E-state index contributed by atoms with van der Waals surface area (Å²) in [6.45, 7) is 4.08. The molecule has 102 valence electrons. The third-order valence-corrected chi connectivity index (χ3v) is 5.13. The summed E-state index contributed by atoms with van der Waals surface area (Å²) in [5.41, 5.74) is 0.678. The predicted octanol–water partition coefficient (Wildman–Crippen LogP) is 3.75. The average molecular weight is 337 g/mol. The maximum absolute atomic E-state index is 12.3. The van der Waals surface area contributed by atoms with E-state index in [2.05, 4.69) is 15.9 Å². The fourth-order valence-corrected chi connectivity index (χ4v) is 3.83. The fourth-order valence-electron chi connectivity index (χ4n) is 1.59. The summed E-state index contributed by atoms with van der Waals surface area (Å²) in [5.74, 6) is 0. The molecule has 0 radical (unpaired) electrons. The Morgan fingerprint density at radius 2 is 1.83 bits per heavy atom. The Morgan fingerprint density at radius 1 is 1.28 bits per heavy atom. The van der Waals surface area contributed by atoms with Crippen LogP contribution in [0.5, 0.6) is 0 Å². The van der Waals surface area contributed by atoms with Crippen molar-refractivity contribution in [2.45, 2.75) is 20.0 Å². The van der Waals surface area contributed by atoms with Crippen LogP contribution in [0.2, 0.25) is 0 Å². The first-order valence-corrected chi connectivity index (χ1v) is 8.35. The summed E-state index contributed by atoms with van der Waals surface area (Å²) in [6.07, 6.45) is -0.929. The molecule has 1 atom stereocenters. The van der Waals surface area contributed by atoms with Crippen LogP contribution >= 0.6 is 23.5 Å². The summed E-state index contributed by atoms with van der Waals surface area (Å²) in [6, 6.07) is 7.27. The molecule has 0 saturated heterocycles. The molecule has 0 fully saturated rings. The molecule has 1 aromatic carbocycles. The molecular weight excluding hydrogens is 319 g/mol. The second kappa shape index (κ2) is 7.41. The van der Waals surface area contributed by atoms with Crippen molar-refractivity contribution in [1.82, 2.24) is 0 Å². The van der Waals surface area contributed by atoms with Crippen molar-refractivity contribution in [3.8, 4) is 0 Å². The maximum atomic E-state index is 12.3. The minimum Gasteiger partial charge on any atom is -0.388 e. The molecule has 0 unspecified atom stereocenters. The van der Waals surface area contributed by atoms with E-state index >= 15 is 0 Å². The molecule has 6 heteroatoms. The molecule has 4 nitrogen and oxygen atoms in total. The van der Waals surface area contributed by atoms with Gasteiger partial charge in [-0.3, -0.25) is 4.57 Å². The van der Waals surface area contributed by atoms with E-state index in [4.69, 9.17) is 9.05 Å². The molecule has 0 spiro atoms. The van der Waals surface area contributed by atoms with Gasteiger partial charge in [-0.15, -0.1) is 0 Å². The van der Waals surface area contributed by atoms with Gasteiger partial charge in [0.05, 0.1) is 25.5 Å². The molecular formula is C12H18BrO4P. The summed E-state index contributed by atoms with van der Waals surface area (Å²) < 4.78 is 23.4. The standard InChI is InChI=1S/C12H18BrO4P/c1-3-16-18(15,17-4-2)9-12(14)10-7-5-6-8-11(10)13/h5-8,12,14H,3-4,9H2,1-2H3/t12-/m1/s1. The lowest BCUT2D eigenvalue weighted by Crippen LogP contribution is -2.09. The average Bonchev–Trinajstić information content (AvgIpc) is 2.29. The highest BCUT2D eigenvalue weighted by Gasteiger charge is 2.29. The van der Waals surface area contributed by atoms with Crippen molar-refractivity contribution in [3.05, 3.63) is 34.3 Å². The van der Waals surface area contributed by atoms with Gasteiger partial charge in [-0.2, -0.15) is 0 Å². The number of rotatable bonds is 7. The summed E-state index contributed by atoms with van der Waals surface area (Å²) in [4.78, 5) is 0. The lowest BCUT2D eigenvalue weighted by atomic mass is 10.1. The minimum absolute atomic E-state index is 0.0444. The third kappa shape index (κ3) is 4.48. The molecule has 0 aliphatic rings. The van der Waals surface area contributed by atoms with Gasteiger partial charge >= 0.3 is 7.60 Å². The highest BCUT2D eigenvalue weighted by atomic mass is 79.9. The first kappa shape index (κ1) is 15.9. The number of hydrogen-bond acceptors (Lipinski definition) is 4. The molecule has 0 bridgehead atoms. The molecule has 0 aliphatic carbocycles. The van der Waals surface area contributed by atoms with Crippen LogP contribution in [0.1, 0.15) is 25.5 Å². The van der Waals surface area contributed by atoms with E-state index in [1.807, 2.05) is 18.2 Å². The Morgan fingerprint density at radius 3 is 2.33 bits per heavy atom. The van der Waals surface area contributed by atoms with Crippen molar-refractivity contribution in [2.75, 3.05) is 19.4 Å². The lowest BCUT2D eigenvalue weighted by molar-refractivity contribution is 0.170. The van der Waals surface area contributed by atoms with Crippen LogP contribution in [-0.4, -0.2) is 24.5 Å². The molecule has 0 heterocycles. The fraction of sp³-hybridized carbons (Fsp3) is 0.500. The molecule has 0 aromatic heterocycles. The maximum Gasteiger partial charge on any atom is 0.333 e. The van der Waals surface area contributed by atoms with Gasteiger partial charge in [-0.05, 0) is 25.5 Å². The van der Waals surface area contributed by atoms with Crippen LogP contribution in [0.4, 0.5) is 0 Å². The topological polar surface area (TPSA) is 55.8 Å². The Kier molecular flexibility index (Phi) is 6.53. The van der Waals surface area contributed by atoms with E-state index in [0.717, 1.165) is 4.47 Å². The van der Waals surface area contributed by atoms with Crippen LogP contribution in [0, 0.1) is 0 Å². The van der Waals surface area contributed by atoms with Gasteiger partial charge in [0.15, 0.2) is 0 Å². The molecule has 1 N–H and O–H groups in total. The zero-order valence-corrected chi connectivity index (χ0v) is 13.0. The van der Waals surface area contributed by atoms with E-state index in [9.17, 15) is 9.67 Å². The number of aliphatic hydroxyl groups excluding tert-OH is 1. The predicted molar refractivity (Wildman–Crippen MR) is 74.8 cm³/mol. The molecule has 0 aliphatic heterocycles. The summed E-state index contributed by atoms with van der Waals surface area (Å²) in [5, 5.41) is 10.1. The number of aliphatic hydroxyl groups is 1. The molecule has 1 aromatic rings. The van der Waals surface area contributed by atoms with Crippen molar-refractivity contribution in [2.24, 2.45) is 0 Å². The van der Waals surface area contributed by atoms with Crippen LogP contribution in [-0.2, 0) is 13.6 Å². The van der Waals surface area contributed by atoms with Crippen LogP contribution < -0.4 is 0 Å². The lowest BCUT2D eigenvalue weighted by Gasteiger charge is -2.20. The molecule has 1 rings (SSSR count). The first-order valence-electron chi connectivity index (χ1n) is 5.83. The van der Waals surface area contributed by atoms with E-state index in [1.165, 1.54) is 0 Å². The molecule has 18 heavy (non-hydrogen) atoms. The Hall–Kier alpha value is -0.190. The van der Waals surface area contributed by atoms with E-state index in [1.54, 1.807) is 19.9 Å². The van der Waals surface area contributed by atoms with Gasteiger partial charge in [-0.1, -0.05) is 34.1 Å². The van der Waals surface area contributed by atoms with Gasteiger partial charge in [0.2, 0.25) is 0 Å². The van der Waals surface area contributed by atoms with Gasteiger partial charge in [0.25, 0.3) is 0 Å². The zero-order chi connectivity index (χ0) is 13.6. The quantitative estimate of drug-likeness (QED) is 0.770. The third-order valence-electron chi connectivity index (χ3n) is 2.31. The Balaban J connectivity index is 2.82. The Labute approximate surface area is 116 Å². The normalized spacial score (nSPS) is 13.6. The van der Waals surface area contributed by atoms with Crippen molar-refractivity contribution >= 4 is 23.5 Å². The van der Waals surface area contributed by atoms with Crippen molar-refractivity contribution < 1.29 is 18.7 Å². The monoisotopic (exact) mass is 336 g/mol. The number of benzene rings is 1. The molecule has 0 saturated carbocycles. The molecule has 0 amide bonds. The van der Waals surface area contributed by atoms with Gasteiger partial charge < -0.3 is 14.2 Å². The first-order chi connectivity index (χ1) is 8.52. The van der Waals surface area contributed by atoms with Crippen LogP contribution in [0.15, 0.2) is 28.7 Å². The second-order valence-corrected chi connectivity index (χ2v) is 6.62. The van der Waals surface area contributed by atoms with Crippen LogP contribution in [0.3, 0.4) is 0 Å². The second-order valence-electron chi connectivity index (χ2n) is 3.67. The van der Waals surface area contributed by atoms with Gasteiger partial charge in [-0.25, -0.2) is 0 Å². The van der Waals surface area contributed by atoms with Crippen LogP contribution in [0.25, 0.3) is 0 Å². The van der Waals surface area contributed by atoms with Gasteiger partial charge in [0.1, 0.15) is 0 Å². The summed E-state index contributed by atoms with van der Waals surface area (Å²) in [7, 11) is -3.23. The van der Waals surface area contributed by atoms with E-state index in [0.29, 0.717) is 18.8 Å². The van der Waals surface area contributed by atoms with Crippen molar-refractivity contribution in [1.29, 1.82) is 0 Å². The SMILES string of the molecule is CCOP(=O)(C[C@@H](O)c1ccccc1Br)OCC. The zero-order valence-electron chi connectivity index (χ0n) is 10.5. The van der Waals surface area contributed by atoms with Gasteiger partial charge in [0, 0.05) is 4.47 Å². The smallest absolute Gasteiger partial charge is 0.333 e. The highest BCUT2D eigenvalue weighted by molar-refractivity contribution is 9.10. The van der Waals surface area contributed by atoms with E-state index < -0.39 is 13.7 Å².